The van der Waals surface area contributed by atoms with Crippen LogP contribution in [0.4, 0.5) is 0 Å². The number of rotatable bonds is 6. The van der Waals surface area contributed by atoms with Crippen LogP contribution in [0.2, 0.25) is 0 Å². The van der Waals surface area contributed by atoms with Crippen molar-refractivity contribution in [2.45, 2.75) is 38.9 Å². The first-order valence-electron chi connectivity index (χ1n) is 7.59. The Morgan fingerprint density at radius 1 is 1.26 bits per heavy atom. The molecule has 0 spiro atoms. The first-order chi connectivity index (χ1) is 9.36. The van der Waals surface area contributed by atoms with Gasteiger partial charge in [0.1, 0.15) is 5.76 Å². The molecule has 2 heterocycles. The molecule has 2 aliphatic rings. The highest BCUT2D eigenvalue weighted by Crippen LogP contribution is 2.27. The topological polar surface area (TPSA) is 31.7 Å². The largest absolute Gasteiger partial charge is 0.468 e. The van der Waals surface area contributed by atoms with E-state index in [0.717, 1.165) is 31.4 Å². The van der Waals surface area contributed by atoms with Crippen LogP contribution in [0.3, 0.4) is 0 Å². The minimum absolute atomic E-state index is 0.848. The van der Waals surface area contributed by atoms with E-state index in [1.807, 2.05) is 6.26 Å². The Kier molecular flexibility index (Phi) is 4.21. The molecule has 0 radical (unpaired) electrons. The van der Waals surface area contributed by atoms with E-state index in [-0.39, 0.29) is 0 Å². The van der Waals surface area contributed by atoms with Gasteiger partial charge in [0.2, 0.25) is 0 Å². The monoisotopic (exact) mass is 263 g/mol. The zero-order valence-corrected chi connectivity index (χ0v) is 11.9. The average Bonchev–Trinajstić information content (AvgIpc) is 3.19. The lowest BCUT2D eigenvalue weighted by Crippen LogP contribution is -2.46. The van der Waals surface area contributed by atoms with Crippen LogP contribution in [-0.4, -0.2) is 48.6 Å². The second-order valence-electron chi connectivity index (χ2n) is 5.69. The molecule has 0 atom stereocenters. The van der Waals surface area contributed by atoms with Crippen LogP contribution >= 0.6 is 0 Å². The third kappa shape index (κ3) is 3.38. The standard InChI is InChI=1S/C15H25N3O/c1-2-16-11-15-13(5-10-19-15)12-17-6-8-18(9-7-17)14-3-4-14/h5,10,14,16H,2-4,6-9,11-12H2,1H3. The zero-order chi connectivity index (χ0) is 13.1. The average molecular weight is 263 g/mol. The molecule has 4 heteroatoms. The summed E-state index contributed by atoms with van der Waals surface area (Å²) >= 11 is 0. The van der Waals surface area contributed by atoms with E-state index in [4.69, 9.17) is 4.42 Å². The fourth-order valence-electron chi connectivity index (χ4n) is 2.87. The third-order valence-electron chi connectivity index (χ3n) is 4.24. The van der Waals surface area contributed by atoms with E-state index >= 15 is 0 Å². The van der Waals surface area contributed by atoms with Crippen molar-refractivity contribution in [3.05, 3.63) is 23.7 Å². The van der Waals surface area contributed by atoms with Crippen LogP contribution in [0.25, 0.3) is 0 Å². The molecular weight excluding hydrogens is 238 g/mol. The number of hydrogen-bond donors (Lipinski definition) is 1. The van der Waals surface area contributed by atoms with E-state index in [0.29, 0.717) is 0 Å². The maximum absolute atomic E-state index is 5.58. The van der Waals surface area contributed by atoms with E-state index in [1.165, 1.54) is 44.6 Å². The fourth-order valence-corrected chi connectivity index (χ4v) is 2.87. The van der Waals surface area contributed by atoms with Crippen LogP contribution in [-0.2, 0) is 13.1 Å². The molecule has 1 aromatic rings. The Balaban J connectivity index is 1.49. The highest BCUT2D eigenvalue weighted by molar-refractivity contribution is 5.17. The van der Waals surface area contributed by atoms with Gasteiger partial charge in [-0.25, -0.2) is 0 Å². The summed E-state index contributed by atoms with van der Waals surface area (Å²) in [7, 11) is 0. The maximum atomic E-state index is 5.58. The van der Waals surface area contributed by atoms with Crippen molar-refractivity contribution in [3.8, 4) is 0 Å². The van der Waals surface area contributed by atoms with Gasteiger partial charge < -0.3 is 9.73 Å². The minimum atomic E-state index is 0.848. The van der Waals surface area contributed by atoms with E-state index in [1.54, 1.807) is 0 Å². The van der Waals surface area contributed by atoms with Crippen molar-refractivity contribution < 1.29 is 4.42 Å². The van der Waals surface area contributed by atoms with Crippen LogP contribution < -0.4 is 5.32 Å². The van der Waals surface area contributed by atoms with Gasteiger partial charge >= 0.3 is 0 Å². The van der Waals surface area contributed by atoms with Crippen molar-refractivity contribution >= 4 is 0 Å². The summed E-state index contributed by atoms with van der Waals surface area (Å²) in [5.74, 6) is 1.10. The van der Waals surface area contributed by atoms with Gasteiger partial charge in [-0.05, 0) is 25.5 Å². The summed E-state index contributed by atoms with van der Waals surface area (Å²) in [6.45, 7) is 9.87. The molecule has 3 rings (SSSR count). The predicted molar refractivity (Wildman–Crippen MR) is 76.0 cm³/mol. The van der Waals surface area contributed by atoms with Crippen molar-refractivity contribution in [1.29, 1.82) is 0 Å². The van der Waals surface area contributed by atoms with Crippen molar-refractivity contribution in [2.24, 2.45) is 0 Å². The molecule has 19 heavy (non-hydrogen) atoms. The maximum Gasteiger partial charge on any atom is 0.122 e. The van der Waals surface area contributed by atoms with Crippen LogP contribution in [0, 0.1) is 0 Å². The minimum Gasteiger partial charge on any atom is -0.468 e. The SMILES string of the molecule is CCNCc1occc1CN1CCN(C2CC2)CC1. The normalized spacial score (nSPS) is 21.9. The van der Waals surface area contributed by atoms with Crippen LogP contribution in [0.15, 0.2) is 16.7 Å². The molecule has 0 amide bonds. The number of nitrogens with one attached hydrogen (secondary N) is 1. The molecule has 1 saturated carbocycles. The second-order valence-corrected chi connectivity index (χ2v) is 5.69. The molecule has 1 N–H and O–H groups in total. The number of furan rings is 1. The summed E-state index contributed by atoms with van der Waals surface area (Å²) in [6.07, 6.45) is 4.67. The van der Waals surface area contributed by atoms with Crippen LogP contribution in [0.5, 0.6) is 0 Å². The Morgan fingerprint density at radius 3 is 2.74 bits per heavy atom. The van der Waals surface area contributed by atoms with Gasteiger partial charge in [0, 0.05) is 44.3 Å². The van der Waals surface area contributed by atoms with Crippen LogP contribution in [0.1, 0.15) is 31.1 Å². The molecule has 0 aromatic carbocycles. The summed E-state index contributed by atoms with van der Waals surface area (Å²) in [5.41, 5.74) is 1.35. The van der Waals surface area contributed by atoms with Crippen molar-refractivity contribution in [3.63, 3.8) is 0 Å². The molecule has 1 aliphatic carbocycles. The fraction of sp³-hybridized carbons (Fsp3) is 0.733. The molecular formula is C15H25N3O. The van der Waals surface area contributed by atoms with Gasteiger partial charge in [-0.1, -0.05) is 6.92 Å². The lowest BCUT2D eigenvalue weighted by atomic mass is 10.2. The molecule has 1 saturated heterocycles. The Bertz CT molecular complexity index is 392. The summed E-state index contributed by atoms with van der Waals surface area (Å²) < 4.78 is 5.58. The molecule has 106 valence electrons. The Hall–Kier alpha value is -0.840. The van der Waals surface area contributed by atoms with Crippen molar-refractivity contribution in [2.75, 3.05) is 32.7 Å². The van der Waals surface area contributed by atoms with E-state index in [9.17, 15) is 0 Å². The molecule has 2 fully saturated rings. The summed E-state index contributed by atoms with van der Waals surface area (Å²) in [6, 6.07) is 3.04. The number of piperazine rings is 1. The Morgan fingerprint density at radius 2 is 2.05 bits per heavy atom. The van der Waals surface area contributed by atoms with Gasteiger partial charge in [-0.2, -0.15) is 0 Å². The number of nitrogens with zero attached hydrogens (tertiary/aromatic N) is 2. The molecule has 1 aromatic heterocycles. The second kappa shape index (κ2) is 6.07. The van der Waals surface area contributed by atoms with E-state index < -0.39 is 0 Å². The summed E-state index contributed by atoms with van der Waals surface area (Å²) in [4.78, 5) is 5.21. The molecule has 1 aliphatic heterocycles. The third-order valence-corrected chi connectivity index (χ3v) is 4.24. The number of hydrogen-bond acceptors (Lipinski definition) is 4. The smallest absolute Gasteiger partial charge is 0.122 e. The Labute approximate surface area is 115 Å². The van der Waals surface area contributed by atoms with Gasteiger partial charge in [0.05, 0.1) is 12.8 Å². The van der Waals surface area contributed by atoms with Crippen molar-refractivity contribution in [1.82, 2.24) is 15.1 Å². The van der Waals surface area contributed by atoms with Gasteiger partial charge in [0.25, 0.3) is 0 Å². The first-order valence-corrected chi connectivity index (χ1v) is 7.59. The molecule has 0 bridgehead atoms. The highest BCUT2D eigenvalue weighted by Gasteiger charge is 2.31. The van der Waals surface area contributed by atoms with Gasteiger partial charge in [-0.3, -0.25) is 9.80 Å². The van der Waals surface area contributed by atoms with E-state index in [2.05, 4.69) is 28.1 Å². The summed E-state index contributed by atoms with van der Waals surface area (Å²) in [5, 5.41) is 3.34. The van der Waals surface area contributed by atoms with Gasteiger partial charge in [0.15, 0.2) is 0 Å². The first kappa shape index (κ1) is 13.2. The van der Waals surface area contributed by atoms with Gasteiger partial charge in [-0.15, -0.1) is 0 Å². The molecule has 4 nitrogen and oxygen atoms in total. The zero-order valence-electron chi connectivity index (χ0n) is 11.9. The lowest BCUT2D eigenvalue weighted by molar-refractivity contribution is 0.121. The predicted octanol–water partition coefficient (Wildman–Crippen LogP) is 1.67. The lowest BCUT2D eigenvalue weighted by Gasteiger charge is -2.34. The highest BCUT2D eigenvalue weighted by atomic mass is 16.3. The molecule has 0 unspecified atom stereocenters. The quantitative estimate of drug-likeness (QED) is 0.846.